The third kappa shape index (κ3) is 2.44. The number of rotatable bonds is 4. The van der Waals surface area contributed by atoms with Gasteiger partial charge in [0, 0.05) is 12.1 Å². The first kappa shape index (κ1) is 12.3. The molecule has 0 saturated carbocycles. The number of nitro groups is 2. The minimum atomic E-state index is -0.838. The van der Waals surface area contributed by atoms with Crippen molar-refractivity contribution < 1.29 is 14.7 Å². The predicted octanol–water partition coefficient (Wildman–Crippen LogP) is 1.35. The summed E-state index contributed by atoms with van der Waals surface area (Å²) in [5.41, 5.74) is 0.290. The van der Waals surface area contributed by atoms with E-state index in [9.17, 15) is 20.2 Å². The second-order valence-corrected chi connectivity index (χ2v) is 2.82. The average Bonchev–Trinajstić information content (AvgIpc) is 2.28. The highest BCUT2D eigenvalue weighted by molar-refractivity contribution is 5.75. The molecule has 1 aromatic rings. The van der Waals surface area contributed by atoms with Crippen molar-refractivity contribution in [3.05, 3.63) is 37.9 Å². The Bertz CT molecular complexity index is 486. The molecule has 0 aliphatic carbocycles. The zero-order valence-electron chi connectivity index (χ0n) is 8.54. The monoisotopic (exact) mass is 238 g/mol. The summed E-state index contributed by atoms with van der Waals surface area (Å²) in [6.45, 7) is 0. The van der Waals surface area contributed by atoms with Gasteiger partial charge in [0.1, 0.15) is 0 Å². The minimum Gasteiger partial charge on any atom is -0.279 e. The molecule has 1 N–H and O–H groups in total. The Morgan fingerprint density at radius 2 is 1.76 bits per heavy atom. The molecule has 0 heterocycles. The van der Waals surface area contributed by atoms with Crippen molar-refractivity contribution in [2.24, 2.45) is 0 Å². The maximum atomic E-state index is 10.7. The van der Waals surface area contributed by atoms with Crippen LogP contribution in [0.1, 0.15) is 5.56 Å². The lowest BCUT2D eigenvalue weighted by atomic mass is 10.1. The first-order chi connectivity index (χ1) is 8.01. The molecule has 0 fully saturated rings. The standard InChI is InChI=1S/C8H6N4O5/c1-17-10-8-6(11(13)14)2-5(4-9)3-7(8)12(15)16/h2-3,10H,1H3. The van der Waals surface area contributed by atoms with E-state index in [4.69, 9.17) is 5.26 Å². The summed E-state index contributed by atoms with van der Waals surface area (Å²) in [6.07, 6.45) is 0. The smallest absolute Gasteiger partial charge is 0.279 e. The summed E-state index contributed by atoms with van der Waals surface area (Å²) >= 11 is 0. The molecule has 1 rings (SSSR count). The molecule has 9 nitrogen and oxygen atoms in total. The number of nitro benzene ring substituents is 2. The van der Waals surface area contributed by atoms with E-state index in [2.05, 4.69) is 10.3 Å². The Hall–Kier alpha value is -2.73. The molecule has 88 valence electrons. The lowest BCUT2D eigenvalue weighted by Gasteiger charge is -2.05. The molecule has 0 unspecified atom stereocenters. The fourth-order valence-electron chi connectivity index (χ4n) is 1.17. The Morgan fingerprint density at radius 1 is 1.29 bits per heavy atom. The molecule has 0 spiro atoms. The van der Waals surface area contributed by atoms with E-state index < -0.39 is 26.9 Å². The number of nitrogens with zero attached hydrogens (tertiary/aromatic N) is 3. The summed E-state index contributed by atoms with van der Waals surface area (Å²) < 4.78 is 0. The largest absolute Gasteiger partial charge is 0.303 e. The van der Waals surface area contributed by atoms with Crippen LogP contribution in [-0.2, 0) is 4.84 Å². The van der Waals surface area contributed by atoms with Crippen LogP contribution < -0.4 is 5.48 Å². The van der Waals surface area contributed by atoms with Gasteiger partial charge in [0.25, 0.3) is 0 Å². The normalized spacial score (nSPS) is 9.41. The molecule has 17 heavy (non-hydrogen) atoms. The van der Waals surface area contributed by atoms with Crippen LogP contribution in [0.15, 0.2) is 12.1 Å². The summed E-state index contributed by atoms with van der Waals surface area (Å²) in [5, 5.41) is 30.1. The van der Waals surface area contributed by atoms with E-state index in [0.717, 1.165) is 19.2 Å². The van der Waals surface area contributed by atoms with Gasteiger partial charge < -0.3 is 0 Å². The molecule has 0 atom stereocenters. The Kier molecular flexibility index (Phi) is 3.53. The molecule has 0 aliphatic rings. The minimum absolute atomic E-state index is 0.176. The Labute approximate surface area is 94.5 Å². The van der Waals surface area contributed by atoms with Crippen LogP contribution in [0.5, 0.6) is 0 Å². The molecule has 0 aliphatic heterocycles. The van der Waals surface area contributed by atoms with Gasteiger partial charge >= 0.3 is 11.4 Å². The summed E-state index contributed by atoms with van der Waals surface area (Å²) in [5.74, 6) is 0. The van der Waals surface area contributed by atoms with Crippen molar-refractivity contribution in [3.63, 3.8) is 0 Å². The van der Waals surface area contributed by atoms with Gasteiger partial charge in [-0.05, 0) is 0 Å². The highest BCUT2D eigenvalue weighted by Crippen LogP contribution is 2.35. The summed E-state index contributed by atoms with van der Waals surface area (Å²) in [7, 11) is 1.16. The lowest BCUT2D eigenvalue weighted by molar-refractivity contribution is -0.392. The topological polar surface area (TPSA) is 131 Å². The molecular weight excluding hydrogens is 232 g/mol. The van der Waals surface area contributed by atoms with Gasteiger partial charge in [0.05, 0.1) is 28.6 Å². The van der Waals surface area contributed by atoms with Crippen LogP contribution in [0.25, 0.3) is 0 Å². The molecule has 0 bridgehead atoms. The third-order valence-electron chi connectivity index (χ3n) is 1.82. The van der Waals surface area contributed by atoms with E-state index in [-0.39, 0.29) is 5.56 Å². The second-order valence-electron chi connectivity index (χ2n) is 2.82. The number of benzene rings is 1. The van der Waals surface area contributed by atoms with E-state index >= 15 is 0 Å². The van der Waals surface area contributed by atoms with E-state index in [1.165, 1.54) is 0 Å². The highest BCUT2D eigenvalue weighted by Gasteiger charge is 2.26. The van der Waals surface area contributed by atoms with Crippen molar-refractivity contribution in [2.75, 3.05) is 12.6 Å². The van der Waals surface area contributed by atoms with Crippen LogP contribution in [-0.4, -0.2) is 17.0 Å². The average molecular weight is 238 g/mol. The van der Waals surface area contributed by atoms with Crippen LogP contribution >= 0.6 is 0 Å². The van der Waals surface area contributed by atoms with Crippen LogP contribution in [0.4, 0.5) is 17.1 Å². The van der Waals surface area contributed by atoms with E-state index in [1.54, 1.807) is 6.07 Å². The van der Waals surface area contributed by atoms with Crippen molar-refractivity contribution in [3.8, 4) is 6.07 Å². The van der Waals surface area contributed by atoms with Crippen molar-refractivity contribution >= 4 is 17.1 Å². The van der Waals surface area contributed by atoms with Crippen LogP contribution in [0.3, 0.4) is 0 Å². The third-order valence-corrected chi connectivity index (χ3v) is 1.82. The summed E-state index contributed by atoms with van der Waals surface area (Å²) in [6, 6.07) is 3.46. The molecule has 0 amide bonds. The van der Waals surface area contributed by atoms with Gasteiger partial charge in [0.15, 0.2) is 0 Å². The van der Waals surface area contributed by atoms with Crippen molar-refractivity contribution in [1.29, 1.82) is 5.26 Å². The Morgan fingerprint density at radius 3 is 2.06 bits per heavy atom. The van der Waals surface area contributed by atoms with Gasteiger partial charge in [-0.2, -0.15) is 5.26 Å². The van der Waals surface area contributed by atoms with Gasteiger partial charge in [-0.25, -0.2) is 0 Å². The number of nitrogens with one attached hydrogen (secondary N) is 1. The van der Waals surface area contributed by atoms with Crippen molar-refractivity contribution in [1.82, 2.24) is 0 Å². The fraction of sp³-hybridized carbons (Fsp3) is 0.125. The second kappa shape index (κ2) is 4.86. The maximum absolute atomic E-state index is 10.7. The van der Waals surface area contributed by atoms with E-state index in [1.807, 2.05) is 0 Å². The van der Waals surface area contributed by atoms with Gasteiger partial charge in [-0.3, -0.25) is 30.5 Å². The first-order valence-corrected chi connectivity index (χ1v) is 4.17. The lowest BCUT2D eigenvalue weighted by Crippen LogP contribution is -2.05. The number of hydrogen-bond donors (Lipinski definition) is 1. The van der Waals surface area contributed by atoms with Gasteiger partial charge in [0.2, 0.25) is 5.69 Å². The van der Waals surface area contributed by atoms with Crippen molar-refractivity contribution in [2.45, 2.75) is 0 Å². The zero-order valence-corrected chi connectivity index (χ0v) is 8.54. The molecular formula is C8H6N4O5. The van der Waals surface area contributed by atoms with Crippen LogP contribution in [0, 0.1) is 31.6 Å². The molecule has 1 aromatic carbocycles. The first-order valence-electron chi connectivity index (χ1n) is 4.17. The molecule has 9 heteroatoms. The molecule has 0 aromatic heterocycles. The van der Waals surface area contributed by atoms with Gasteiger partial charge in [-0.1, -0.05) is 0 Å². The zero-order chi connectivity index (χ0) is 13.0. The number of anilines is 1. The molecule has 0 radical (unpaired) electrons. The van der Waals surface area contributed by atoms with E-state index in [0.29, 0.717) is 0 Å². The van der Waals surface area contributed by atoms with Crippen LogP contribution in [0.2, 0.25) is 0 Å². The molecule has 0 saturated heterocycles. The summed E-state index contributed by atoms with van der Waals surface area (Å²) in [4.78, 5) is 24.2. The SMILES string of the molecule is CONc1c([N+](=O)[O-])cc(C#N)cc1[N+](=O)[O-]. The quantitative estimate of drug-likeness (QED) is 0.618. The number of hydrogen-bond acceptors (Lipinski definition) is 7. The van der Waals surface area contributed by atoms with Gasteiger partial charge in [-0.15, -0.1) is 0 Å². The fourth-order valence-corrected chi connectivity index (χ4v) is 1.17. The number of nitriles is 1. The maximum Gasteiger partial charge on any atom is 0.303 e. The predicted molar refractivity (Wildman–Crippen MR) is 55.1 cm³/mol. The highest BCUT2D eigenvalue weighted by atomic mass is 16.6. The Balaban J connectivity index is 3.56.